The first-order chi connectivity index (χ1) is 21.6. The molecule has 0 aliphatic carbocycles. The largest absolute Gasteiger partial charge is 0.507 e. The van der Waals surface area contributed by atoms with Gasteiger partial charge in [0.25, 0.3) is 0 Å². The highest BCUT2D eigenvalue weighted by molar-refractivity contribution is 5.88. The molecule has 42 heavy (non-hydrogen) atoms. The Morgan fingerprint density at radius 3 is 2.19 bits per heavy atom. The minimum atomic E-state index is -0.490. The van der Waals surface area contributed by atoms with Gasteiger partial charge in [-0.2, -0.15) is 0 Å². The fraction of sp³-hybridized carbons (Fsp3) is 0.649. The van der Waals surface area contributed by atoms with Crippen molar-refractivity contribution in [1.82, 2.24) is 0 Å². The zero-order valence-corrected chi connectivity index (χ0v) is 27.4. The van der Waals surface area contributed by atoms with E-state index in [1.54, 1.807) is 0 Å². The number of rotatable bonds is 16. The predicted molar refractivity (Wildman–Crippen MR) is 175 cm³/mol. The van der Waals surface area contributed by atoms with Crippen molar-refractivity contribution in [2.45, 2.75) is 138 Å². The summed E-state index contributed by atoms with van der Waals surface area (Å²) in [4.78, 5) is 11.5. The molecule has 1 heterocycles. The number of aromatic hydroxyl groups is 1. The Kier molecular flexibility index (Phi) is 10.5. The highest BCUT2D eigenvalue weighted by atomic mass is 16.5. The first-order valence-corrected chi connectivity index (χ1v) is 16.1. The Morgan fingerprint density at radius 1 is 1.00 bits per heavy atom. The quantitative estimate of drug-likeness (QED) is 0.206. The van der Waals surface area contributed by atoms with E-state index in [9.17, 15) is 9.90 Å². The number of hydrogen-bond donors (Lipinski definition) is 2. The summed E-state index contributed by atoms with van der Waals surface area (Å²) in [5.41, 5.74) is 2.47. The highest BCUT2D eigenvalue weighted by Crippen LogP contribution is 2.45. The van der Waals surface area contributed by atoms with Crippen LogP contribution in [0.4, 0.5) is 5.69 Å². The number of amides is 1. The van der Waals surface area contributed by atoms with E-state index in [1.165, 1.54) is 51.9 Å². The SMILES string of the molecule is [2H]c1c([2H])c(OCc2c(O)c(C)c(C)c3c2CCC(C)(CCCC(C)CCCC(C)CCCC(C)C)O3)c([2H])c([2H])c1NC(C)=O. The third-order valence-electron chi connectivity index (χ3n) is 8.97. The fourth-order valence-electron chi connectivity index (χ4n) is 6.06. The van der Waals surface area contributed by atoms with Crippen molar-refractivity contribution >= 4 is 11.6 Å². The molecule has 0 radical (unpaired) electrons. The van der Waals surface area contributed by atoms with E-state index in [0.717, 1.165) is 48.0 Å². The normalized spacial score (nSPS) is 19.2. The number of benzene rings is 2. The first-order valence-electron chi connectivity index (χ1n) is 18.1. The van der Waals surface area contributed by atoms with E-state index >= 15 is 0 Å². The van der Waals surface area contributed by atoms with Crippen LogP contribution in [0.2, 0.25) is 0 Å². The van der Waals surface area contributed by atoms with Crippen molar-refractivity contribution < 1.29 is 24.9 Å². The Hall–Kier alpha value is -2.69. The van der Waals surface area contributed by atoms with Crippen LogP contribution in [0, 0.1) is 31.6 Å². The molecule has 0 spiro atoms. The van der Waals surface area contributed by atoms with Crippen molar-refractivity contribution in [3.8, 4) is 17.2 Å². The van der Waals surface area contributed by atoms with Crippen LogP contribution in [0.15, 0.2) is 24.2 Å². The van der Waals surface area contributed by atoms with E-state index in [-0.39, 0.29) is 29.4 Å². The van der Waals surface area contributed by atoms with Crippen molar-refractivity contribution in [3.05, 3.63) is 46.4 Å². The maximum Gasteiger partial charge on any atom is 0.221 e. The number of fused-ring (bicyclic) bond motifs is 1. The van der Waals surface area contributed by atoms with Gasteiger partial charge >= 0.3 is 0 Å². The molecule has 0 bridgehead atoms. The van der Waals surface area contributed by atoms with Gasteiger partial charge in [-0.15, -0.1) is 0 Å². The lowest BCUT2D eigenvalue weighted by atomic mass is 9.83. The van der Waals surface area contributed by atoms with Crippen LogP contribution < -0.4 is 14.8 Å². The minimum absolute atomic E-state index is 0.0941. The molecule has 0 fully saturated rings. The fourth-order valence-corrected chi connectivity index (χ4v) is 6.06. The molecule has 234 valence electrons. The number of nitrogens with one attached hydrogen (secondary N) is 1. The van der Waals surface area contributed by atoms with Gasteiger partial charge in [-0.05, 0) is 99.5 Å². The van der Waals surface area contributed by atoms with Gasteiger partial charge in [0.15, 0.2) is 0 Å². The van der Waals surface area contributed by atoms with Crippen LogP contribution in [-0.4, -0.2) is 16.6 Å². The number of ether oxygens (including phenoxy) is 2. The lowest BCUT2D eigenvalue weighted by molar-refractivity contribution is -0.114. The van der Waals surface area contributed by atoms with Crippen LogP contribution in [0.3, 0.4) is 0 Å². The molecule has 3 rings (SSSR count). The van der Waals surface area contributed by atoms with Crippen molar-refractivity contribution in [3.63, 3.8) is 0 Å². The van der Waals surface area contributed by atoms with Crippen molar-refractivity contribution in [2.24, 2.45) is 17.8 Å². The second-order valence-electron chi connectivity index (χ2n) is 13.5. The molecule has 2 N–H and O–H groups in total. The van der Waals surface area contributed by atoms with Crippen molar-refractivity contribution in [1.29, 1.82) is 0 Å². The molecule has 3 unspecified atom stereocenters. The number of carbonyl (C=O) groups excluding carboxylic acids is 1. The van der Waals surface area contributed by atoms with E-state index in [4.69, 9.17) is 15.0 Å². The van der Waals surface area contributed by atoms with Gasteiger partial charge in [-0.1, -0.05) is 72.6 Å². The number of carbonyl (C=O) groups is 1. The molecule has 2 aromatic carbocycles. The molecule has 0 saturated heterocycles. The zero-order valence-electron chi connectivity index (χ0n) is 31.4. The van der Waals surface area contributed by atoms with Gasteiger partial charge in [0.05, 0.1) is 5.48 Å². The van der Waals surface area contributed by atoms with E-state index in [0.29, 0.717) is 23.5 Å². The van der Waals surface area contributed by atoms with Crippen LogP contribution in [-0.2, 0) is 17.8 Å². The van der Waals surface area contributed by atoms with Crippen LogP contribution >= 0.6 is 0 Å². The maximum atomic E-state index is 11.5. The summed E-state index contributed by atoms with van der Waals surface area (Å²) < 4.78 is 45.9. The molecule has 1 aliphatic heterocycles. The van der Waals surface area contributed by atoms with Crippen LogP contribution in [0.1, 0.15) is 133 Å². The predicted octanol–water partition coefficient (Wildman–Crippen LogP) is 10.1. The summed E-state index contributed by atoms with van der Waals surface area (Å²) in [5.74, 6) is 2.44. The average molecular weight is 584 g/mol. The topological polar surface area (TPSA) is 67.8 Å². The smallest absolute Gasteiger partial charge is 0.221 e. The summed E-state index contributed by atoms with van der Waals surface area (Å²) >= 11 is 0. The molecule has 5 nitrogen and oxygen atoms in total. The maximum absolute atomic E-state index is 11.5. The average Bonchev–Trinajstić information content (AvgIpc) is 2.98. The van der Waals surface area contributed by atoms with E-state index < -0.39 is 30.1 Å². The lowest BCUT2D eigenvalue weighted by Gasteiger charge is -2.38. The zero-order chi connectivity index (χ0) is 34.3. The Labute approximate surface area is 261 Å². The van der Waals surface area contributed by atoms with Crippen LogP contribution in [0.25, 0.3) is 0 Å². The molecule has 0 saturated carbocycles. The first kappa shape index (κ1) is 28.1. The molecular formula is C37H57NO4. The van der Waals surface area contributed by atoms with Gasteiger partial charge in [0.2, 0.25) is 5.91 Å². The van der Waals surface area contributed by atoms with Gasteiger partial charge < -0.3 is 19.9 Å². The van der Waals surface area contributed by atoms with Gasteiger partial charge in [-0.3, -0.25) is 4.79 Å². The summed E-state index contributed by atoms with van der Waals surface area (Å²) in [5, 5.41) is 13.5. The summed E-state index contributed by atoms with van der Waals surface area (Å²) in [7, 11) is 0. The highest BCUT2D eigenvalue weighted by Gasteiger charge is 2.35. The molecule has 0 aromatic heterocycles. The second-order valence-corrected chi connectivity index (χ2v) is 13.5. The minimum Gasteiger partial charge on any atom is -0.507 e. The third kappa shape index (κ3) is 9.95. The molecule has 5 heteroatoms. The van der Waals surface area contributed by atoms with E-state index in [1.807, 2.05) is 13.8 Å². The van der Waals surface area contributed by atoms with Crippen molar-refractivity contribution in [2.75, 3.05) is 5.32 Å². The second kappa shape index (κ2) is 15.7. The monoisotopic (exact) mass is 583 g/mol. The van der Waals surface area contributed by atoms with E-state index in [2.05, 4.69) is 39.9 Å². The summed E-state index contributed by atoms with van der Waals surface area (Å²) in [6.45, 7) is 16.5. The number of anilines is 1. The van der Waals surface area contributed by atoms with Gasteiger partial charge in [-0.25, -0.2) is 0 Å². The van der Waals surface area contributed by atoms with Crippen LogP contribution in [0.5, 0.6) is 17.2 Å². The summed E-state index contributed by atoms with van der Waals surface area (Å²) in [6.07, 6.45) is 12.6. The molecule has 2 aromatic rings. The lowest BCUT2D eigenvalue weighted by Crippen LogP contribution is -2.37. The number of phenolic OH excluding ortho intramolecular Hbond substituents is 1. The standard InChI is InChI=1S/C37H57NO4/c1-25(2)12-9-13-26(3)14-10-15-27(4)16-11-22-37(8)23-21-33-34(35(40)28(5)29(6)36(33)42-37)24-41-32-19-17-31(18-20-32)38-30(7)39/h17-20,25-27,40H,9-16,21-24H2,1-8H3,(H,38,39)/i17D,18D,19D,20D. The van der Waals surface area contributed by atoms with Gasteiger partial charge in [0, 0.05) is 23.7 Å². The molecule has 3 atom stereocenters. The third-order valence-corrected chi connectivity index (χ3v) is 8.97. The molecular weight excluding hydrogens is 522 g/mol. The van der Waals surface area contributed by atoms with Gasteiger partial charge in [0.1, 0.15) is 29.5 Å². The summed E-state index contributed by atoms with van der Waals surface area (Å²) in [6, 6.07) is -1.57. The molecule has 1 aliphatic rings. The Balaban J connectivity index is 1.65. The Morgan fingerprint density at radius 2 is 1.60 bits per heavy atom. The number of hydrogen-bond acceptors (Lipinski definition) is 4. The molecule has 1 amide bonds. The Bertz CT molecular complexity index is 1350. The number of phenols is 1.